The fourth-order valence-corrected chi connectivity index (χ4v) is 5.03. The van der Waals surface area contributed by atoms with Gasteiger partial charge in [-0.05, 0) is 79.9 Å². The van der Waals surface area contributed by atoms with Gasteiger partial charge in [-0.1, -0.05) is 6.07 Å². The summed E-state index contributed by atoms with van der Waals surface area (Å²) in [6.07, 6.45) is 1.88. The van der Waals surface area contributed by atoms with Gasteiger partial charge in [0.25, 0.3) is 10.0 Å². The summed E-state index contributed by atoms with van der Waals surface area (Å²) < 4.78 is 52.4. The average molecular weight is 519 g/mol. The molecule has 0 heterocycles. The van der Waals surface area contributed by atoms with E-state index < -0.39 is 34.3 Å². The third-order valence-electron chi connectivity index (χ3n) is 5.00. The number of thioether (sulfide) groups is 1. The number of rotatable bonds is 11. The van der Waals surface area contributed by atoms with Gasteiger partial charge in [-0.25, -0.2) is 12.8 Å². The van der Waals surface area contributed by atoms with Gasteiger partial charge in [0.1, 0.15) is 30.5 Å². The maximum Gasteiger partial charge on any atom is 0.264 e. The Hall–Kier alpha value is -3.24. The van der Waals surface area contributed by atoms with Crippen molar-refractivity contribution in [3.63, 3.8) is 0 Å². The molecule has 1 amide bonds. The van der Waals surface area contributed by atoms with E-state index >= 15 is 0 Å². The highest BCUT2D eigenvalue weighted by Gasteiger charge is 2.28. The minimum atomic E-state index is -4.14. The van der Waals surface area contributed by atoms with Crippen LogP contribution in [0.2, 0.25) is 0 Å². The van der Waals surface area contributed by atoms with Crippen LogP contribution in [0.3, 0.4) is 0 Å². The lowest BCUT2D eigenvalue weighted by Gasteiger charge is -2.25. The third kappa shape index (κ3) is 7.12. The predicted molar refractivity (Wildman–Crippen MR) is 135 cm³/mol. The quantitative estimate of drug-likeness (QED) is 0.380. The summed E-state index contributed by atoms with van der Waals surface area (Å²) in [5, 5.41) is 2.74. The van der Waals surface area contributed by atoms with Gasteiger partial charge in [0.2, 0.25) is 5.91 Å². The highest BCUT2D eigenvalue weighted by molar-refractivity contribution is 7.98. The molecule has 3 aromatic carbocycles. The van der Waals surface area contributed by atoms with Gasteiger partial charge in [-0.3, -0.25) is 9.10 Å². The van der Waals surface area contributed by atoms with Crippen molar-refractivity contribution in [3.8, 4) is 11.5 Å². The van der Waals surface area contributed by atoms with Gasteiger partial charge in [-0.15, -0.1) is 11.8 Å². The lowest BCUT2D eigenvalue weighted by molar-refractivity contribution is -0.120. The Morgan fingerprint density at radius 1 is 1.06 bits per heavy atom. The van der Waals surface area contributed by atoms with Crippen molar-refractivity contribution < 1.29 is 27.1 Å². The number of hydrogen-bond acceptors (Lipinski definition) is 6. The highest BCUT2D eigenvalue weighted by atomic mass is 32.2. The summed E-state index contributed by atoms with van der Waals surface area (Å²) in [6, 6.07) is 18.0. The summed E-state index contributed by atoms with van der Waals surface area (Å²) >= 11 is 1.48. The SMILES string of the molecule is COc1ccc(OCC(C)NC(=O)CN(c2cccc(F)c2)S(=O)(=O)c2ccc(SC)cc2)cc1. The zero-order chi connectivity index (χ0) is 25.4. The normalized spacial score (nSPS) is 12.0. The van der Waals surface area contributed by atoms with E-state index in [-0.39, 0.29) is 17.2 Å². The topological polar surface area (TPSA) is 84.9 Å². The fraction of sp³-hybridized carbons (Fsp3) is 0.240. The Kier molecular flexibility index (Phi) is 9.00. The molecule has 0 bridgehead atoms. The van der Waals surface area contributed by atoms with Crippen molar-refractivity contribution in [1.82, 2.24) is 5.32 Å². The molecule has 10 heteroatoms. The van der Waals surface area contributed by atoms with Crippen LogP contribution in [0.15, 0.2) is 82.6 Å². The number of carbonyl (C=O) groups excluding carboxylic acids is 1. The summed E-state index contributed by atoms with van der Waals surface area (Å²) in [5.41, 5.74) is 0.0521. The summed E-state index contributed by atoms with van der Waals surface area (Å²) in [5.74, 6) is 0.136. The van der Waals surface area contributed by atoms with E-state index in [1.165, 1.54) is 42.1 Å². The lowest BCUT2D eigenvalue weighted by Crippen LogP contribution is -2.45. The maximum absolute atomic E-state index is 13.9. The molecule has 1 N–H and O–H groups in total. The number of carbonyl (C=O) groups is 1. The molecule has 7 nitrogen and oxygen atoms in total. The van der Waals surface area contributed by atoms with E-state index in [0.29, 0.717) is 11.5 Å². The number of hydrogen-bond donors (Lipinski definition) is 1. The molecule has 0 spiro atoms. The van der Waals surface area contributed by atoms with E-state index in [4.69, 9.17) is 9.47 Å². The molecule has 0 fully saturated rings. The molecule has 3 rings (SSSR count). The molecule has 0 aliphatic carbocycles. The van der Waals surface area contributed by atoms with Crippen molar-refractivity contribution >= 4 is 33.4 Å². The smallest absolute Gasteiger partial charge is 0.264 e. The highest BCUT2D eigenvalue weighted by Crippen LogP contribution is 2.26. The molecule has 0 saturated heterocycles. The van der Waals surface area contributed by atoms with Crippen molar-refractivity contribution in [3.05, 3.63) is 78.6 Å². The van der Waals surface area contributed by atoms with Crippen LogP contribution in [-0.4, -0.2) is 46.9 Å². The summed E-state index contributed by atoms with van der Waals surface area (Å²) in [7, 11) is -2.57. The second-order valence-electron chi connectivity index (χ2n) is 7.62. The van der Waals surface area contributed by atoms with Crippen LogP contribution in [-0.2, 0) is 14.8 Å². The van der Waals surface area contributed by atoms with E-state index in [1.54, 1.807) is 50.4 Å². The minimum absolute atomic E-state index is 0.00301. The Bertz CT molecular complexity index is 1240. The van der Waals surface area contributed by atoms with Crippen LogP contribution in [0.4, 0.5) is 10.1 Å². The monoisotopic (exact) mass is 518 g/mol. The Labute approximate surface area is 209 Å². The molecule has 0 aliphatic heterocycles. The first-order valence-electron chi connectivity index (χ1n) is 10.7. The van der Waals surface area contributed by atoms with Gasteiger partial charge < -0.3 is 14.8 Å². The molecular weight excluding hydrogens is 491 g/mol. The van der Waals surface area contributed by atoms with Crippen LogP contribution in [0, 0.1) is 5.82 Å². The van der Waals surface area contributed by atoms with Gasteiger partial charge in [-0.2, -0.15) is 0 Å². The number of nitrogens with one attached hydrogen (secondary N) is 1. The zero-order valence-electron chi connectivity index (χ0n) is 19.6. The van der Waals surface area contributed by atoms with Gasteiger partial charge in [0, 0.05) is 4.90 Å². The maximum atomic E-state index is 13.9. The molecule has 3 aromatic rings. The van der Waals surface area contributed by atoms with E-state index in [0.717, 1.165) is 15.3 Å². The molecule has 1 atom stereocenters. The molecule has 0 radical (unpaired) electrons. The number of ether oxygens (including phenoxy) is 2. The first-order valence-corrected chi connectivity index (χ1v) is 13.4. The third-order valence-corrected chi connectivity index (χ3v) is 7.53. The molecule has 0 aliphatic rings. The molecule has 0 aromatic heterocycles. The standard InChI is InChI=1S/C25H27FN2O5S2/c1-18(17-33-22-9-7-21(32-2)8-10-22)27-25(29)16-28(20-6-4-5-19(26)15-20)35(30,31)24-13-11-23(34-3)12-14-24/h4-15,18H,16-17H2,1-3H3,(H,27,29). The van der Waals surface area contributed by atoms with Crippen LogP contribution < -0.4 is 19.1 Å². The van der Waals surface area contributed by atoms with Crippen LogP contribution in [0.1, 0.15) is 6.92 Å². The molecule has 1 unspecified atom stereocenters. The number of benzene rings is 3. The van der Waals surface area contributed by atoms with Crippen molar-refractivity contribution in [2.75, 3.05) is 30.8 Å². The Morgan fingerprint density at radius 3 is 2.31 bits per heavy atom. The van der Waals surface area contributed by atoms with Crippen molar-refractivity contribution in [2.45, 2.75) is 22.8 Å². The molecular formula is C25H27FN2O5S2. The predicted octanol–water partition coefficient (Wildman–Crippen LogP) is 4.34. The number of sulfonamides is 1. The fourth-order valence-electron chi connectivity index (χ4n) is 3.21. The summed E-state index contributed by atoms with van der Waals surface area (Å²) in [4.78, 5) is 13.7. The number of halogens is 1. The Balaban J connectivity index is 1.73. The largest absolute Gasteiger partial charge is 0.497 e. The Morgan fingerprint density at radius 2 is 1.71 bits per heavy atom. The van der Waals surface area contributed by atoms with E-state index in [9.17, 15) is 17.6 Å². The van der Waals surface area contributed by atoms with Gasteiger partial charge in [0.05, 0.1) is 23.7 Å². The summed E-state index contributed by atoms with van der Waals surface area (Å²) in [6.45, 7) is 1.38. The van der Waals surface area contributed by atoms with Gasteiger partial charge >= 0.3 is 0 Å². The van der Waals surface area contributed by atoms with E-state index in [2.05, 4.69) is 5.32 Å². The average Bonchev–Trinajstić information content (AvgIpc) is 2.86. The first-order chi connectivity index (χ1) is 16.7. The second-order valence-corrected chi connectivity index (χ2v) is 10.4. The number of anilines is 1. The van der Waals surface area contributed by atoms with Crippen molar-refractivity contribution in [1.29, 1.82) is 0 Å². The molecule has 35 heavy (non-hydrogen) atoms. The lowest BCUT2D eigenvalue weighted by atomic mass is 10.3. The molecule has 186 valence electrons. The number of nitrogens with zero attached hydrogens (tertiary/aromatic N) is 1. The van der Waals surface area contributed by atoms with Crippen LogP contribution in [0.25, 0.3) is 0 Å². The van der Waals surface area contributed by atoms with E-state index in [1.807, 2.05) is 6.26 Å². The van der Waals surface area contributed by atoms with Gasteiger partial charge in [0.15, 0.2) is 0 Å². The molecule has 0 saturated carbocycles. The minimum Gasteiger partial charge on any atom is -0.497 e. The van der Waals surface area contributed by atoms with Crippen molar-refractivity contribution in [2.24, 2.45) is 0 Å². The second kappa shape index (κ2) is 11.9. The van der Waals surface area contributed by atoms with Crippen LogP contribution >= 0.6 is 11.8 Å². The number of methoxy groups -OCH3 is 1. The number of amides is 1. The first kappa shape index (κ1) is 26.4. The zero-order valence-corrected chi connectivity index (χ0v) is 21.2. The van der Waals surface area contributed by atoms with Crippen LogP contribution in [0.5, 0.6) is 11.5 Å².